The summed E-state index contributed by atoms with van der Waals surface area (Å²) in [6.45, 7) is 1.90. The fourth-order valence-corrected chi connectivity index (χ4v) is 5.37. The Labute approximate surface area is 219 Å². The summed E-state index contributed by atoms with van der Waals surface area (Å²) < 4.78 is 6.66. The number of fused-ring (bicyclic) bond motifs is 1. The smallest absolute Gasteiger partial charge is 0.330 e. The minimum Gasteiger partial charge on any atom is -0.466 e. The molecule has 37 heavy (non-hydrogen) atoms. The molecule has 0 N–H and O–H groups in total. The molecule has 5 nitrogen and oxygen atoms in total. The van der Waals surface area contributed by atoms with Crippen LogP contribution in [0.2, 0.25) is 0 Å². The molecule has 4 aromatic rings. The van der Waals surface area contributed by atoms with Crippen molar-refractivity contribution in [2.75, 3.05) is 18.6 Å². The number of rotatable bonds is 8. The largest absolute Gasteiger partial charge is 0.466 e. The second-order valence-electron chi connectivity index (χ2n) is 10.1. The van der Waals surface area contributed by atoms with Crippen LogP contribution in [0.1, 0.15) is 43.2 Å². The number of esters is 1. The molecule has 0 spiro atoms. The Kier molecular flexibility index (Phi) is 7.69. The van der Waals surface area contributed by atoms with Gasteiger partial charge in [0, 0.05) is 37.3 Å². The maximum absolute atomic E-state index is 11.6. The van der Waals surface area contributed by atoms with Crippen LogP contribution in [0, 0.1) is 5.92 Å². The van der Waals surface area contributed by atoms with E-state index in [-0.39, 0.29) is 5.97 Å². The molecule has 1 aromatic heterocycles. The third-order valence-electron chi connectivity index (χ3n) is 7.46. The van der Waals surface area contributed by atoms with E-state index in [1.54, 1.807) is 0 Å². The van der Waals surface area contributed by atoms with Gasteiger partial charge >= 0.3 is 5.97 Å². The van der Waals surface area contributed by atoms with Gasteiger partial charge in [-0.05, 0) is 71.4 Å². The average Bonchev–Trinajstić information content (AvgIpc) is 3.32. The van der Waals surface area contributed by atoms with Gasteiger partial charge in [0.25, 0.3) is 0 Å². The Morgan fingerprint density at radius 3 is 2.59 bits per heavy atom. The highest BCUT2D eigenvalue weighted by atomic mass is 16.5. The average molecular weight is 494 g/mol. The molecule has 1 fully saturated rings. The molecule has 0 unspecified atom stereocenters. The fourth-order valence-electron chi connectivity index (χ4n) is 5.37. The predicted octanol–water partition coefficient (Wildman–Crippen LogP) is 7.01. The third kappa shape index (κ3) is 6.11. The summed E-state index contributed by atoms with van der Waals surface area (Å²) in [5.74, 6) is 0.376. The molecule has 0 amide bonds. The molecular weight excluding hydrogens is 458 g/mol. The minimum atomic E-state index is -0.341. The highest BCUT2D eigenvalue weighted by Crippen LogP contribution is 2.29. The van der Waals surface area contributed by atoms with Crippen molar-refractivity contribution in [2.45, 2.75) is 38.6 Å². The number of aromatic nitrogens is 2. The molecule has 0 bridgehead atoms. The number of ether oxygens (including phenoxy) is 1. The van der Waals surface area contributed by atoms with Gasteiger partial charge < -0.3 is 9.64 Å². The topological polar surface area (TPSA) is 47.4 Å². The van der Waals surface area contributed by atoms with E-state index < -0.39 is 0 Å². The van der Waals surface area contributed by atoms with Gasteiger partial charge in [-0.2, -0.15) is 5.10 Å². The third-order valence-corrected chi connectivity index (χ3v) is 7.46. The Bertz CT molecular complexity index is 1380. The van der Waals surface area contributed by atoms with Crippen molar-refractivity contribution >= 4 is 28.6 Å². The first-order chi connectivity index (χ1) is 18.1. The van der Waals surface area contributed by atoms with E-state index in [0.29, 0.717) is 5.92 Å². The van der Waals surface area contributed by atoms with Crippen LogP contribution in [0.3, 0.4) is 0 Å². The van der Waals surface area contributed by atoms with E-state index in [0.717, 1.165) is 29.6 Å². The number of hydrogen-bond acceptors (Lipinski definition) is 4. The number of carbonyl (C=O) groups is 1. The molecule has 1 heterocycles. The van der Waals surface area contributed by atoms with Crippen molar-refractivity contribution in [1.82, 2.24) is 9.78 Å². The lowest BCUT2D eigenvalue weighted by Crippen LogP contribution is -2.30. The van der Waals surface area contributed by atoms with E-state index in [1.807, 2.05) is 30.1 Å². The van der Waals surface area contributed by atoms with Crippen molar-refractivity contribution in [1.29, 1.82) is 0 Å². The molecule has 1 aliphatic rings. The number of hydrogen-bond donors (Lipinski definition) is 0. The zero-order valence-corrected chi connectivity index (χ0v) is 21.8. The lowest BCUT2D eigenvalue weighted by molar-refractivity contribution is -0.134. The zero-order chi connectivity index (χ0) is 25.6. The lowest BCUT2D eigenvalue weighted by Gasteiger charge is -2.32. The van der Waals surface area contributed by atoms with Gasteiger partial charge in [-0.25, -0.2) is 4.79 Å². The zero-order valence-electron chi connectivity index (χ0n) is 21.8. The summed E-state index contributed by atoms with van der Waals surface area (Å²) in [5, 5.41) is 5.52. The first-order valence-electron chi connectivity index (χ1n) is 13.2. The molecular formula is C32H35N3O2. The summed E-state index contributed by atoms with van der Waals surface area (Å²) >= 11 is 0. The van der Waals surface area contributed by atoms with Gasteiger partial charge in [-0.1, -0.05) is 61.7 Å². The number of aryl methyl sites for hydroxylation is 1. The number of anilines is 1. The van der Waals surface area contributed by atoms with Crippen molar-refractivity contribution in [3.63, 3.8) is 0 Å². The highest BCUT2D eigenvalue weighted by molar-refractivity contribution is 5.87. The van der Waals surface area contributed by atoms with E-state index in [2.05, 4.69) is 70.7 Å². The number of benzene rings is 3. The van der Waals surface area contributed by atoms with Crippen LogP contribution in [-0.4, -0.2) is 29.4 Å². The highest BCUT2D eigenvalue weighted by Gasteiger charge is 2.18. The van der Waals surface area contributed by atoms with Gasteiger partial charge in [-0.15, -0.1) is 0 Å². The number of carbonyl (C=O) groups excluding carboxylic acids is 1. The van der Waals surface area contributed by atoms with Gasteiger partial charge in [0.05, 0.1) is 18.8 Å². The van der Waals surface area contributed by atoms with Crippen LogP contribution in [0.15, 0.2) is 79.0 Å². The van der Waals surface area contributed by atoms with Gasteiger partial charge in [0.1, 0.15) is 0 Å². The van der Waals surface area contributed by atoms with E-state index in [1.165, 1.54) is 67.7 Å². The van der Waals surface area contributed by atoms with Crippen LogP contribution in [0.5, 0.6) is 0 Å². The van der Waals surface area contributed by atoms with Gasteiger partial charge in [-0.3, -0.25) is 4.68 Å². The molecule has 0 saturated heterocycles. The monoisotopic (exact) mass is 493 g/mol. The predicted molar refractivity (Wildman–Crippen MR) is 151 cm³/mol. The second kappa shape index (κ2) is 11.5. The van der Waals surface area contributed by atoms with E-state index >= 15 is 0 Å². The van der Waals surface area contributed by atoms with Crippen molar-refractivity contribution in [2.24, 2.45) is 13.0 Å². The first-order valence-corrected chi connectivity index (χ1v) is 13.2. The first kappa shape index (κ1) is 24.8. The van der Waals surface area contributed by atoms with Crippen LogP contribution in [0.25, 0.3) is 28.1 Å². The molecule has 1 saturated carbocycles. The Hall–Kier alpha value is -3.86. The van der Waals surface area contributed by atoms with Crippen LogP contribution in [0.4, 0.5) is 5.69 Å². The van der Waals surface area contributed by atoms with Crippen LogP contribution in [-0.2, 0) is 23.1 Å². The molecule has 0 radical (unpaired) electrons. The van der Waals surface area contributed by atoms with Crippen LogP contribution >= 0.6 is 0 Å². The summed E-state index contributed by atoms with van der Waals surface area (Å²) in [7, 11) is 3.37. The minimum absolute atomic E-state index is 0.341. The Morgan fingerprint density at radius 1 is 1.03 bits per heavy atom. The second-order valence-corrected chi connectivity index (χ2v) is 10.1. The van der Waals surface area contributed by atoms with Gasteiger partial charge in [0.2, 0.25) is 0 Å². The van der Waals surface area contributed by atoms with Crippen LogP contribution < -0.4 is 4.90 Å². The normalized spacial score (nSPS) is 14.3. The number of methoxy groups -OCH3 is 1. The standard InChI is InChI=1S/C32H35N3O2/c1-34-31-17-16-28(20-29(31)21-33-34)27-14-11-26(12-15-27)23-35(22-25-7-4-3-5-8-25)30-10-6-9-24(19-30)13-18-32(36)37-2/h6,9-21,25H,3-5,7-8,22-23H2,1-2H3/b18-13+. The van der Waals surface area contributed by atoms with Crippen molar-refractivity contribution < 1.29 is 9.53 Å². The molecule has 0 aliphatic heterocycles. The molecule has 5 rings (SSSR count). The lowest BCUT2D eigenvalue weighted by atomic mass is 9.88. The fraction of sp³-hybridized carbons (Fsp3) is 0.312. The quantitative estimate of drug-likeness (QED) is 0.196. The summed E-state index contributed by atoms with van der Waals surface area (Å²) in [5.41, 5.74) is 7.03. The maximum atomic E-state index is 11.6. The summed E-state index contributed by atoms with van der Waals surface area (Å²) in [6, 6.07) is 23.9. The Morgan fingerprint density at radius 2 is 1.81 bits per heavy atom. The van der Waals surface area contributed by atoms with Crippen molar-refractivity contribution in [3.8, 4) is 11.1 Å². The molecule has 3 aromatic carbocycles. The maximum Gasteiger partial charge on any atom is 0.330 e. The SMILES string of the molecule is COC(=O)/C=C/c1cccc(N(Cc2ccc(-c3ccc4c(cnn4C)c3)cc2)CC2CCCCC2)c1. The molecule has 0 atom stereocenters. The number of nitrogens with zero attached hydrogens (tertiary/aromatic N) is 3. The molecule has 1 aliphatic carbocycles. The van der Waals surface area contributed by atoms with Gasteiger partial charge in [0.15, 0.2) is 0 Å². The Balaban J connectivity index is 1.37. The van der Waals surface area contributed by atoms with Crippen molar-refractivity contribution in [3.05, 3.63) is 90.1 Å². The summed E-state index contributed by atoms with van der Waals surface area (Å²) in [4.78, 5) is 14.1. The van der Waals surface area contributed by atoms with E-state index in [4.69, 9.17) is 4.74 Å². The van der Waals surface area contributed by atoms with E-state index in [9.17, 15) is 4.79 Å². The summed E-state index contributed by atoms with van der Waals surface area (Å²) in [6.07, 6.45) is 11.8. The molecule has 190 valence electrons. The molecule has 5 heteroatoms.